The van der Waals surface area contributed by atoms with E-state index in [1.807, 2.05) is 42.1 Å². The molecule has 0 bridgehead atoms. The maximum absolute atomic E-state index is 6.00. The van der Waals surface area contributed by atoms with Gasteiger partial charge in [-0.05, 0) is 49.2 Å². The Morgan fingerprint density at radius 2 is 1.87 bits per heavy atom. The predicted molar refractivity (Wildman–Crippen MR) is 97.4 cm³/mol. The quantitative estimate of drug-likeness (QED) is 0.627. The van der Waals surface area contributed by atoms with Gasteiger partial charge in [0, 0.05) is 15.3 Å². The van der Waals surface area contributed by atoms with Gasteiger partial charge in [0.15, 0.2) is 5.96 Å². The molecule has 1 saturated carbocycles. The Hall–Kier alpha value is -2.14. The smallest absolute Gasteiger partial charge is 0.193 e. The van der Waals surface area contributed by atoms with E-state index in [0.29, 0.717) is 5.96 Å². The molecule has 23 heavy (non-hydrogen) atoms. The Kier molecular flexibility index (Phi) is 4.76. The van der Waals surface area contributed by atoms with E-state index in [9.17, 15) is 0 Å². The first-order chi connectivity index (χ1) is 11.2. The normalized spacial score (nSPS) is 16.0. The Labute approximate surface area is 141 Å². The second-order valence-electron chi connectivity index (χ2n) is 5.65. The van der Waals surface area contributed by atoms with E-state index in [1.54, 1.807) is 7.11 Å². The Morgan fingerprint density at radius 1 is 1.17 bits per heavy atom. The van der Waals surface area contributed by atoms with Gasteiger partial charge in [0.05, 0.1) is 13.7 Å². The van der Waals surface area contributed by atoms with Crippen LogP contribution in [0.2, 0.25) is 0 Å². The first-order valence-corrected chi connectivity index (χ1v) is 8.46. The van der Waals surface area contributed by atoms with Crippen LogP contribution in [0.15, 0.2) is 64.5 Å². The maximum Gasteiger partial charge on any atom is 0.193 e. The molecule has 3 N–H and O–H groups in total. The molecule has 1 fully saturated rings. The van der Waals surface area contributed by atoms with Crippen molar-refractivity contribution < 1.29 is 4.74 Å². The van der Waals surface area contributed by atoms with Gasteiger partial charge in [0.2, 0.25) is 0 Å². The van der Waals surface area contributed by atoms with E-state index >= 15 is 0 Å². The Balaban J connectivity index is 1.56. The largest absolute Gasteiger partial charge is 0.497 e. The standard InChI is InChI=1S/C18H21N3OS/c1-22-15-9-7-14(8-10-15)21-17(19)20-13-18(11-12-18)23-16-5-3-2-4-6-16/h2-10H,11-13H2,1H3,(H3,19,20,21). The first-order valence-electron chi connectivity index (χ1n) is 7.64. The number of ether oxygens (including phenoxy) is 1. The number of hydrogen-bond donors (Lipinski definition) is 2. The summed E-state index contributed by atoms with van der Waals surface area (Å²) in [6, 6.07) is 18.1. The van der Waals surface area contributed by atoms with Gasteiger partial charge in [-0.3, -0.25) is 4.99 Å². The highest BCUT2D eigenvalue weighted by molar-refractivity contribution is 8.01. The molecule has 0 amide bonds. The van der Waals surface area contributed by atoms with Crippen LogP contribution in [0, 0.1) is 0 Å². The van der Waals surface area contributed by atoms with Crippen molar-refractivity contribution in [1.82, 2.24) is 0 Å². The van der Waals surface area contributed by atoms with Crippen LogP contribution in [0.3, 0.4) is 0 Å². The number of nitrogens with one attached hydrogen (secondary N) is 1. The number of rotatable bonds is 6. The van der Waals surface area contributed by atoms with E-state index in [-0.39, 0.29) is 4.75 Å². The molecular formula is C18H21N3OS. The predicted octanol–water partition coefficient (Wildman–Crippen LogP) is 3.75. The number of thioether (sulfide) groups is 1. The molecule has 3 rings (SSSR count). The summed E-state index contributed by atoms with van der Waals surface area (Å²) in [5.74, 6) is 1.28. The van der Waals surface area contributed by atoms with Crippen LogP contribution in [0.1, 0.15) is 12.8 Å². The monoisotopic (exact) mass is 327 g/mol. The van der Waals surface area contributed by atoms with Gasteiger partial charge in [-0.1, -0.05) is 18.2 Å². The topological polar surface area (TPSA) is 59.6 Å². The maximum atomic E-state index is 6.00. The summed E-state index contributed by atoms with van der Waals surface area (Å²) in [4.78, 5) is 5.82. The lowest BCUT2D eigenvalue weighted by Crippen LogP contribution is -2.24. The minimum absolute atomic E-state index is 0.216. The SMILES string of the molecule is COc1ccc(NC(N)=NCC2(Sc3ccccc3)CC2)cc1. The number of methoxy groups -OCH3 is 1. The van der Waals surface area contributed by atoms with Crippen LogP contribution in [-0.4, -0.2) is 24.4 Å². The van der Waals surface area contributed by atoms with Crippen molar-refractivity contribution in [3.05, 3.63) is 54.6 Å². The zero-order valence-corrected chi connectivity index (χ0v) is 14.0. The van der Waals surface area contributed by atoms with E-state index < -0.39 is 0 Å². The molecule has 0 aromatic heterocycles. The summed E-state index contributed by atoms with van der Waals surface area (Å²) in [6.07, 6.45) is 2.37. The highest BCUT2D eigenvalue weighted by atomic mass is 32.2. The van der Waals surface area contributed by atoms with Crippen molar-refractivity contribution in [1.29, 1.82) is 0 Å². The summed E-state index contributed by atoms with van der Waals surface area (Å²) >= 11 is 1.90. The first kappa shape index (κ1) is 15.7. The number of nitrogens with zero attached hydrogens (tertiary/aromatic N) is 1. The third-order valence-corrected chi connectivity index (χ3v) is 5.26. The van der Waals surface area contributed by atoms with Crippen LogP contribution >= 0.6 is 11.8 Å². The van der Waals surface area contributed by atoms with Crippen LogP contribution in [0.4, 0.5) is 5.69 Å². The van der Waals surface area contributed by atoms with Gasteiger partial charge >= 0.3 is 0 Å². The van der Waals surface area contributed by atoms with Crippen LogP contribution in [0.5, 0.6) is 5.75 Å². The van der Waals surface area contributed by atoms with Gasteiger partial charge in [-0.15, -0.1) is 11.8 Å². The molecule has 2 aromatic rings. The molecule has 1 aliphatic carbocycles. The number of nitrogens with two attached hydrogens (primary N) is 1. The second kappa shape index (κ2) is 6.96. The molecule has 1 aliphatic rings. The van der Waals surface area contributed by atoms with Crippen molar-refractivity contribution in [2.24, 2.45) is 10.7 Å². The molecule has 120 valence electrons. The average molecular weight is 327 g/mol. The summed E-state index contributed by atoms with van der Waals surface area (Å²) in [7, 11) is 1.65. The molecule has 0 spiro atoms. The van der Waals surface area contributed by atoms with E-state index in [4.69, 9.17) is 10.5 Å². The van der Waals surface area contributed by atoms with Crippen LogP contribution in [0.25, 0.3) is 0 Å². The lowest BCUT2D eigenvalue weighted by molar-refractivity contribution is 0.415. The molecule has 0 aliphatic heterocycles. The minimum atomic E-state index is 0.216. The van der Waals surface area contributed by atoms with Gasteiger partial charge in [-0.25, -0.2) is 0 Å². The fourth-order valence-electron chi connectivity index (χ4n) is 2.26. The van der Waals surface area contributed by atoms with Gasteiger partial charge < -0.3 is 15.8 Å². The summed E-state index contributed by atoms with van der Waals surface area (Å²) in [5, 5.41) is 3.12. The second-order valence-corrected chi connectivity index (χ2v) is 7.19. The summed E-state index contributed by atoms with van der Waals surface area (Å²) < 4.78 is 5.36. The number of aliphatic imine (C=N–C) groups is 1. The highest BCUT2D eigenvalue weighted by Gasteiger charge is 2.43. The van der Waals surface area contributed by atoms with Gasteiger partial charge in [0.25, 0.3) is 0 Å². The molecule has 0 saturated heterocycles. The lowest BCUT2D eigenvalue weighted by Gasteiger charge is -2.13. The van der Waals surface area contributed by atoms with Crippen molar-refractivity contribution in [3.63, 3.8) is 0 Å². The van der Waals surface area contributed by atoms with Crippen molar-refractivity contribution in [2.75, 3.05) is 19.0 Å². The number of anilines is 1. The fraction of sp³-hybridized carbons (Fsp3) is 0.278. The zero-order chi connectivity index (χ0) is 16.1. The third kappa shape index (κ3) is 4.42. The fourth-order valence-corrected chi connectivity index (χ4v) is 3.49. The third-order valence-electron chi connectivity index (χ3n) is 3.79. The Bertz CT molecular complexity index is 666. The van der Waals surface area contributed by atoms with E-state index in [2.05, 4.69) is 34.6 Å². The van der Waals surface area contributed by atoms with Crippen molar-refractivity contribution >= 4 is 23.4 Å². The van der Waals surface area contributed by atoms with Crippen molar-refractivity contribution in [3.8, 4) is 5.75 Å². The van der Waals surface area contributed by atoms with Crippen molar-refractivity contribution in [2.45, 2.75) is 22.5 Å². The van der Waals surface area contributed by atoms with Crippen LogP contribution in [-0.2, 0) is 0 Å². The molecule has 4 nitrogen and oxygen atoms in total. The molecule has 0 radical (unpaired) electrons. The minimum Gasteiger partial charge on any atom is -0.497 e. The van der Waals surface area contributed by atoms with E-state index in [0.717, 1.165) is 18.0 Å². The molecule has 2 aromatic carbocycles. The number of benzene rings is 2. The molecule has 0 unspecified atom stereocenters. The molecular weight excluding hydrogens is 306 g/mol. The summed E-state index contributed by atoms with van der Waals surface area (Å²) in [5.41, 5.74) is 6.91. The Morgan fingerprint density at radius 3 is 2.48 bits per heavy atom. The highest BCUT2D eigenvalue weighted by Crippen LogP contribution is 2.51. The molecule has 5 heteroatoms. The molecule has 0 atom stereocenters. The van der Waals surface area contributed by atoms with Crippen LogP contribution < -0.4 is 15.8 Å². The lowest BCUT2D eigenvalue weighted by atomic mass is 10.3. The van der Waals surface area contributed by atoms with Gasteiger partial charge in [0.1, 0.15) is 5.75 Å². The average Bonchev–Trinajstić information content (AvgIpc) is 3.35. The zero-order valence-electron chi connectivity index (χ0n) is 13.2. The molecule has 0 heterocycles. The van der Waals surface area contributed by atoms with E-state index in [1.165, 1.54) is 17.7 Å². The number of guanidine groups is 1. The number of hydrogen-bond acceptors (Lipinski definition) is 3. The van der Waals surface area contributed by atoms with Gasteiger partial charge in [-0.2, -0.15) is 0 Å². The summed E-state index contributed by atoms with van der Waals surface area (Å²) in [6.45, 7) is 0.738.